The van der Waals surface area contributed by atoms with Gasteiger partial charge in [0.2, 0.25) is 0 Å². The molecule has 3 heteroatoms. The minimum Gasteiger partial charge on any atom is -0.497 e. The Morgan fingerprint density at radius 2 is 2.07 bits per heavy atom. The molecule has 1 saturated heterocycles. The molecular weight excluding hydrogens is 188 g/mol. The summed E-state index contributed by atoms with van der Waals surface area (Å²) in [5, 5.41) is 12.2. The van der Waals surface area contributed by atoms with Crippen molar-refractivity contribution >= 4 is 0 Å². The minimum absolute atomic E-state index is 0.0957. The first-order valence-electron chi connectivity index (χ1n) is 5.09. The molecule has 0 unspecified atom stereocenters. The fourth-order valence-electron chi connectivity index (χ4n) is 2.02. The molecule has 0 bridgehead atoms. The van der Waals surface area contributed by atoms with Crippen molar-refractivity contribution in [1.29, 1.82) is 5.26 Å². The van der Waals surface area contributed by atoms with Crippen LogP contribution in [0.2, 0.25) is 0 Å². The van der Waals surface area contributed by atoms with Gasteiger partial charge in [0.05, 0.1) is 19.1 Å². The highest BCUT2D eigenvalue weighted by Crippen LogP contribution is 2.28. The van der Waals surface area contributed by atoms with Gasteiger partial charge in [0, 0.05) is 19.0 Å². The van der Waals surface area contributed by atoms with E-state index in [0.717, 1.165) is 18.8 Å². The summed E-state index contributed by atoms with van der Waals surface area (Å²) in [6.07, 6.45) is 0. The van der Waals surface area contributed by atoms with Gasteiger partial charge in [0.25, 0.3) is 0 Å². The van der Waals surface area contributed by atoms with Gasteiger partial charge >= 0.3 is 0 Å². The van der Waals surface area contributed by atoms with Crippen LogP contribution in [-0.2, 0) is 0 Å². The molecule has 1 aromatic rings. The Hall–Kier alpha value is -1.53. The highest BCUT2D eigenvalue weighted by molar-refractivity contribution is 5.31. The van der Waals surface area contributed by atoms with Gasteiger partial charge in [-0.15, -0.1) is 0 Å². The number of hydrogen-bond donors (Lipinski definition) is 1. The summed E-state index contributed by atoms with van der Waals surface area (Å²) in [4.78, 5) is 0. The molecule has 15 heavy (non-hydrogen) atoms. The van der Waals surface area contributed by atoms with Gasteiger partial charge in [0.15, 0.2) is 0 Å². The van der Waals surface area contributed by atoms with Gasteiger partial charge in [-0.05, 0) is 17.7 Å². The number of hydrogen-bond acceptors (Lipinski definition) is 3. The zero-order valence-corrected chi connectivity index (χ0v) is 8.73. The van der Waals surface area contributed by atoms with E-state index in [1.54, 1.807) is 7.11 Å². The summed E-state index contributed by atoms with van der Waals surface area (Å²) >= 11 is 0. The minimum atomic E-state index is 0.0957. The SMILES string of the molecule is COc1ccc([C@@H]2CNC[C@H]2C#N)cc1. The number of nitrogens with one attached hydrogen (secondary N) is 1. The van der Waals surface area contributed by atoms with Crippen molar-refractivity contribution in [3.05, 3.63) is 29.8 Å². The zero-order valence-electron chi connectivity index (χ0n) is 8.73. The van der Waals surface area contributed by atoms with Crippen molar-refractivity contribution in [3.8, 4) is 11.8 Å². The molecule has 2 rings (SSSR count). The predicted octanol–water partition coefficient (Wildman–Crippen LogP) is 1.52. The summed E-state index contributed by atoms with van der Waals surface area (Å²) in [7, 11) is 1.66. The molecule has 3 nitrogen and oxygen atoms in total. The topological polar surface area (TPSA) is 45.0 Å². The summed E-state index contributed by atoms with van der Waals surface area (Å²) in [5.41, 5.74) is 1.22. The number of ether oxygens (including phenoxy) is 1. The van der Waals surface area contributed by atoms with Gasteiger partial charge in [-0.3, -0.25) is 0 Å². The third-order valence-corrected chi connectivity index (χ3v) is 2.92. The third kappa shape index (κ3) is 1.95. The molecule has 1 aliphatic rings. The molecule has 0 spiro atoms. The second-order valence-electron chi connectivity index (χ2n) is 3.77. The molecule has 0 amide bonds. The second-order valence-corrected chi connectivity index (χ2v) is 3.77. The molecule has 1 N–H and O–H groups in total. The van der Waals surface area contributed by atoms with Gasteiger partial charge < -0.3 is 10.1 Å². The number of rotatable bonds is 2. The van der Waals surface area contributed by atoms with Gasteiger partial charge in [-0.2, -0.15) is 5.26 Å². The number of nitriles is 1. The van der Waals surface area contributed by atoms with Crippen molar-refractivity contribution in [2.24, 2.45) is 5.92 Å². The maximum absolute atomic E-state index is 8.98. The highest BCUT2D eigenvalue weighted by atomic mass is 16.5. The maximum Gasteiger partial charge on any atom is 0.118 e. The largest absolute Gasteiger partial charge is 0.497 e. The Morgan fingerprint density at radius 3 is 2.67 bits per heavy atom. The lowest BCUT2D eigenvalue weighted by Gasteiger charge is -2.12. The lowest BCUT2D eigenvalue weighted by molar-refractivity contribution is 0.414. The van der Waals surface area contributed by atoms with Crippen LogP contribution < -0.4 is 10.1 Å². The lowest BCUT2D eigenvalue weighted by Crippen LogP contribution is -2.08. The molecule has 0 aromatic heterocycles. The Bertz CT molecular complexity index is 366. The number of nitrogens with zero attached hydrogens (tertiary/aromatic N) is 1. The van der Waals surface area contributed by atoms with E-state index in [2.05, 4.69) is 11.4 Å². The van der Waals surface area contributed by atoms with Crippen molar-refractivity contribution in [1.82, 2.24) is 5.32 Å². The summed E-state index contributed by atoms with van der Waals surface area (Å²) in [6.45, 7) is 1.69. The maximum atomic E-state index is 8.98. The summed E-state index contributed by atoms with van der Waals surface area (Å²) in [6, 6.07) is 10.3. The standard InChI is InChI=1S/C12H14N2O/c1-15-11-4-2-9(3-5-11)12-8-14-7-10(12)6-13/h2-5,10,12,14H,7-8H2,1H3/t10-,12+/m1/s1. The fourth-order valence-corrected chi connectivity index (χ4v) is 2.02. The van der Waals surface area contributed by atoms with Crippen LogP contribution in [0, 0.1) is 17.2 Å². The van der Waals surface area contributed by atoms with E-state index in [-0.39, 0.29) is 5.92 Å². The Balaban J connectivity index is 2.19. The molecule has 1 aliphatic heterocycles. The average molecular weight is 202 g/mol. The molecule has 1 heterocycles. The first-order chi connectivity index (χ1) is 7.35. The van der Waals surface area contributed by atoms with Crippen molar-refractivity contribution in [3.63, 3.8) is 0 Å². The highest BCUT2D eigenvalue weighted by Gasteiger charge is 2.27. The van der Waals surface area contributed by atoms with E-state index in [1.165, 1.54) is 5.56 Å². The van der Waals surface area contributed by atoms with Crippen molar-refractivity contribution < 1.29 is 4.74 Å². The van der Waals surface area contributed by atoms with E-state index >= 15 is 0 Å². The predicted molar refractivity (Wildman–Crippen MR) is 57.7 cm³/mol. The summed E-state index contributed by atoms with van der Waals surface area (Å²) < 4.78 is 5.10. The molecule has 0 radical (unpaired) electrons. The normalized spacial score (nSPS) is 24.8. The van der Waals surface area contributed by atoms with Crippen LogP contribution in [0.15, 0.2) is 24.3 Å². The van der Waals surface area contributed by atoms with E-state index in [4.69, 9.17) is 10.00 Å². The number of methoxy groups -OCH3 is 1. The molecule has 0 saturated carbocycles. The molecule has 78 valence electrons. The molecule has 1 fully saturated rings. The first-order valence-corrected chi connectivity index (χ1v) is 5.09. The van der Waals surface area contributed by atoms with Gasteiger partial charge in [-0.1, -0.05) is 12.1 Å². The Morgan fingerprint density at radius 1 is 1.33 bits per heavy atom. The van der Waals surface area contributed by atoms with Crippen LogP contribution in [0.3, 0.4) is 0 Å². The zero-order chi connectivity index (χ0) is 10.7. The Labute approximate surface area is 89.7 Å². The fraction of sp³-hybridized carbons (Fsp3) is 0.417. The molecule has 2 atom stereocenters. The van der Waals surface area contributed by atoms with E-state index in [9.17, 15) is 0 Å². The lowest BCUT2D eigenvalue weighted by atomic mass is 9.90. The quantitative estimate of drug-likeness (QED) is 0.790. The van der Waals surface area contributed by atoms with E-state index in [0.29, 0.717) is 5.92 Å². The third-order valence-electron chi connectivity index (χ3n) is 2.92. The molecule has 0 aliphatic carbocycles. The molecule has 1 aromatic carbocycles. The Kier molecular flexibility index (Phi) is 2.89. The average Bonchev–Trinajstić information content (AvgIpc) is 2.77. The summed E-state index contributed by atoms with van der Waals surface area (Å²) in [5.74, 6) is 1.28. The van der Waals surface area contributed by atoms with Gasteiger partial charge in [-0.25, -0.2) is 0 Å². The van der Waals surface area contributed by atoms with Gasteiger partial charge in [0.1, 0.15) is 5.75 Å². The monoisotopic (exact) mass is 202 g/mol. The second kappa shape index (κ2) is 4.33. The van der Waals surface area contributed by atoms with Crippen LogP contribution in [0.5, 0.6) is 5.75 Å². The van der Waals surface area contributed by atoms with Crippen LogP contribution in [0.1, 0.15) is 11.5 Å². The van der Waals surface area contributed by atoms with Crippen molar-refractivity contribution in [2.45, 2.75) is 5.92 Å². The van der Waals surface area contributed by atoms with E-state index < -0.39 is 0 Å². The molecular formula is C12H14N2O. The number of benzene rings is 1. The van der Waals surface area contributed by atoms with Crippen LogP contribution in [0.4, 0.5) is 0 Å². The smallest absolute Gasteiger partial charge is 0.118 e. The van der Waals surface area contributed by atoms with Crippen LogP contribution >= 0.6 is 0 Å². The van der Waals surface area contributed by atoms with Crippen LogP contribution in [0.25, 0.3) is 0 Å². The van der Waals surface area contributed by atoms with E-state index in [1.807, 2.05) is 24.3 Å². The first kappa shape index (κ1) is 10.0. The van der Waals surface area contributed by atoms with Crippen LogP contribution in [-0.4, -0.2) is 20.2 Å². The van der Waals surface area contributed by atoms with Crippen molar-refractivity contribution in [2.75, 3.05) is 20.2 Å².